The first-order valence-corrected chi connectivity index (χ1v) is 7.08. The van der Waals surface area contributed by atoms with Gasteiger partial charge in [-0.3, -0.25) is 4.98 Å². The highest BCUT2D eigenvalue weighted by atomic mass is 32.2. The molecular weight excluding hydrogens is 268 g/mol. The molecule has 0 saturated heterocycles. The van der Waals surface area contributed by atoms with E-state index < -0.39 is 0 Å². The van der Waals surface area contributed by atoms with Crippen molar-refractivity contribution in [1.29, 1.82) is 0 Å². The molecule has 2 aromatic carbocycles. The molecule has 20 heavy (non-hydrogen) atoms. The van der Waals surface area contributed by atoms with Crippen LogP contribution in [-0.4, -0.2) is 12.1 Å². The summed E-state index contributed by atoms with van der Waals surface area (Å²) in [6.45, 7) is 0. The first-order chi connectivity index (χ1) is 9.86. The van der Waals surface area contributed by atoms with Gasteiger partial charge in [0.15, 0.2) is 0 Å². The van der Waals surface area contributed by atoms with Crippen LogP contribution in [0, 0.1) is 0 Å². The van der Waals surface area contributed by atoms with E-state index in [1.165, 1.54) is 5.39 Å². The first kappa shape index (κ1) is 12.8. The fourth-order valence-electron chi connectivity index (χ4n) is 1.97. The van der Waals surface area contributed by atoms with Crippen LogP contribution in [0.4, 0.5) is 5.69 Å². The zero-order chi connectivity index (χ0) is 13.8. The average Bonchev–Trinajstić information content (AvgIpc) is 2.53. The predicted molar refractivity (Wildman–Crippen MR) is 84.2 cm³/mol. The van der Waals surface area contributed by atoms with Crippen molar-refractivity contribution >= 4 is 28.4 Å². The molecule has 0 aliphatic rings. The zero-order valence-electron chi connectivity index (χ0n) is 11.0. The molecule has 0 fully saturated rings. The molecule has 0 spiro atoms. The van der Waals surface area contributed by atoms with Crippen molar-refractivity contribution < 1.29 is 4.74 Å². The Morgan fingerprint density at radius 1 is 1.05 bits per heavy atom. The highest BCUT2D eigenvalue weighted by Gasteiger charge is 2.01. The van der Waals surface area contributed by atoms with E-state index in [-0.39, 0.29) is 0 Å². The van der Waals surface area contributed by atoms with E-state index in [0.717, 1.165) is 21.7 Å². The summed E-state index contributed by atoms with van der Waals surface area (Å²) in [5, 5.41) is 2.30. The molecule has 4 heteroatoms. The van der Waals surface area contributed by atoms with Gasteiger partial charge < -0.3 is 9.46 Å². The van der Waals surface area contributed by atoms with E-state index in [1.54, 1.807) is 19.1 Å². The van der Waals surface area contributed by atoms with Gasteiger partial charge in [-0.1, -0.05) is 12.1 Å². The van der Waals surface area contributed by atoms with Crippen LogP contribution in [0.15, 0.2) is 65.8 Å². The molecule has 3 aromatic rings. The van der Waals surface area contributed by atoms with Crippen LogP contribution in [0.2, 0.25) is 0 Å². The number of benzene rings is 2. The maximum absolute atomic E-state index is 5.15. The largest absolute Gasteiger partial charge is 0.497 e. The van der Waals surface area contributed by atoms with Crippen molar-refractivity contribution in [2.75, 3.05) is 11.8 Å². The highest BCUT2D eigenvalue weighted by molar-refractivity contribution is 8.00. The molecule has 0 bridgehead atoms. The highest BCUT2D eigenvalue weighted by Crippen LogP contribution is 2.28. The number of fused-ring (bicyclic) bond motifs is 1. The molecular formula is C16H14N2OS. The molecule has 0 unspecified atom stereocenters. The van der Waals surface area contributed by atoms with Crippen molar-refractivity contribution in [2.24, 2.45) is 0 Å². The predicted octanol–water partition coefficient (Wildman–Crippen LogP) is 4.36. The summed E-state index contributed by atoms with van der Waals surface area (Å²) in [5.74, 6) is 0.866. The number of rotatable bonds is 4. The van der Waals surface area contributed by atoms with Crippen LogP contribution in [0.3, 0.4) is 0 Å². The Bertz CT molecular complexity index is 708. The molecule has 1 heterocycles. The monoisotopic (exact) mass is 282 g/mol. The molecule has 0 radical (unpaired) electrons. The van der Waals surface area contributed by atoms with Crippen LogP contribution in [0.5, 0.6) is 5.75 Å². The summed E-state index contributed by atoms with van der Waals surface area (Å²) in [6, 6.07) is 16.2. The lowest BCUT2D eigenvalue weighted by Crippen LogP contribution is -1.89. The summed E-state index contributed by atoms with van der Waals surface area (Å²) in [4.78, 5) is 5.28. The van der Waals surface area contributed by atoms with Crippen molar-refractivity contribution in [3.8, 4) is 5.75 Å². The SMILES string of the molecule is COc1ccc(SNc2cccc3cnccc23)cc1. The Hall–Kier alpha value is -2.20. The van der Waals surface area contributed by atoms with Crippen LogP contribution in [-0.2, 0) is 0 Å². The Labute approximate surface area is 122 Å². The summed E-state index contributed by atoms with van der Waals surface area (Å²) in [7, 11) is 1.67. The Morgan fingerprint density at radius 2 is 1.90 bits per heavy atom. The number of nitrogens with one attached hydrogen (secondary N) is 1. The lowest BCUT2D eigenvalue weighted by atomic mass is 10.1. The van der Waals surface area contributed by atoms with Gasteiger partial charge in [0.25, 0.3) is 0 Å². The van der Waals surface area contributed by atoms with Gasteiger partial charge in [-0.15, -0.1) is 0 Å². The van der Waals surface area contributed by atoms with Crippen molar-refractivity contribution in [2.45, 2.75) is 4.90 Å². The van der Waals surface area contributed by atoms with Gasteiger partial charge in [-0.25, -0.2) is 0 Å². The van der Waals surface area contributed by atoms with Gasteiger partial charge in [0.2, 0.25) is 0 Å². The molecule has 100 valence electrons. The van der Waals surface area contributed by atoms with Gasteiger partial charge in [0, 0.05) is 28.1 Å². The van der Waals surface area contributed by atoms with Crippen LogP contribution in [0.25, 0.3) is 10.8 Å². The molecule has 0 saturated carbocycles. The maximum atomic E-state index is 5.15. The van der Waals surface area contributed by atoms with E-state index in [4.69, 9.17) is 4.74 Å². The average molecular weight is 282 g/mol. The first-order valence-electron chi connectivity index (χ1n) is 6.26. The third-order valence-electron chi connectivity index (χ3n) is 3.02. The lowest BCUT2D eigenvalue weighted by molar-refractivity contribution is 0.414. The minimum atomic E-state index is 0.866. The second kappa shape index (κ2) is 5.84. The molecule has 1 N–H and O–H groups in total. The molecule has 3 rings (SSSR count). The number of nitrogens with zero attached hydrogens (tertiary/aromatic N) is 1. The minimum Gasteiger partial charge on any atom is -0.497 e. The zero-order valence-corrected chi connectivity index (χ0v) is 11.9. The number of ether oxygens (including phenoxy) is 1. The number of hydrogen-bond acceptors (Lipinski definition) is 4. The fourth-order valence-corrected chi connectivity index (χ4v) is 2.65. The van der Waals surface area contributed by atoms with E-state index in [0.29, 0.717) is 0 Å². The van der Waals surface area contributed by atoms with E-state index >= 15 is 0 Å². The summed E-state index contributed by atoms with van der Waals surface area (Å²) in [6.07, 6.45) is 3.68. The fraction of sp³-hybridized carbons (Fsp3) is 0.0625. The Morgan fingerprint density at radius 3 is 2.70 bits per heavy atom. The van der Waals surface area contributed by atoms with Crippen molar-refractivity contribution in [3.63, 3.8) is 0 Å². The smallest absolute Gasteiger partial charge is 0.118 e. The standard InChI is InChI=1S/C16H14N2OS/c1-19-13-5-7-14(8-6-13)20-18-16-4-2-3-12-11-17-10-9-15(12)16/h2-11,18H,1H3. The van der Waals surface area contributed by atoms with Gasteiger partial charge in [-0.2, -0.15) is 0 Å². The van der Waals surface area contributed by atoms with Crippen molar-refractivity contribution in [3.05, 3.63) is 60.9 Å². The number of methoxy groups -OCH3 is 1. The molecule has 0 aliphatic heterocycles. The quantitative estimate of drug-likeness (QED) is 0.721. The summed E-state index contributed by atoms with van der Waals surface area (Å²) >= 11 is 1.58. The van der Waals surface area contributed by atoms with Crippen molar-refractivity contribution in [1.82, 2.24) is 4.98 Å². The number of aromatic nitrogens is 1. The molecule has 0 aliphatic carbocycles. The third kappa shape index (κ3) is 2.70. The van der Waals surface area contributed by atoms with E-state index in [1.807, 2.05) is 48.8 Å². The minimum absolute atomic E-state index is 0.866. The summed E-state index contributed by atoms with van der Waals surface area (Å²) < 4.78 is 8.54. The van der Waals surface area contributed by atoms with Gasteiger partial charge in [-0.05, 0) is 48.3 Å². The van der Waals surface area contributed by atoms with Crippen LogP contribution in [0.1, 0.15) is 0 Å². The normalized spacial score (nSPS) is 10.4. The molecule has 3 nitrogen and oxygen atoms in total. The van der Waals surface area contributed by atoms with E-state index in [2.05, 4.69) is 21.8 Å². The van der Waals surface area contributed by atoms with Gasteiger partial charge in [0.05, 0.1) is 12.8 Å². The molecule has 0 amide bonds. The second-order valence-electron chi connectivity index (χ2n) is 4.28. The van der Waals surface area contributed by atoms with Crippen LogP contribution >= 0.6 is 11.9 Å². The number of anilines is 1. The summed E-state index contributed by atoms with van der Waals surface area (Å²) in [5.41, 5.74) is 1.09. The van der Waals surface area contributed by atoms with E-state index in [9.17, 15) is 0 Å². The van der Waals surface area contributed by atoms with Gasteiger partial charge in [0.1, 0.15) is 5.75 Å². The van der Waals surface area contributed by atoms with Crippen LogP contribution < -0.4 is 9.46 Å². The Kier molecular flexibility index (Phi) is 3.74. The number of pyridine rings is 1. The maximum Gasteiger partial charge on any atom is 0.118 e. The molecule has 1 aromatic heterocycles. The molecule has 0 atom stereocenters. The topological polar surface area (TPSA) is 34.1 Å². The number of hydrogen-bond donors (Lipinski definition) is 1. The third-order valence-corrected chi connectivity index (χ3v) is 3.85. The lowest BCUT2D eigenvalue weighted by Gasteiger charge is -2.09. The second-order valence-corrected chi connectivity index (χ2v) is 5.16. The van der Waals surface area contributed by atoms with Gasteiger partial charge >= 0.3 is 0 Å². The Balaban J connectivity index is 1.79.